The van der Waals surface area contributed by atoms with E-state index in [1.165, 1.54) is 13.2 Å². The Bertz CT molecular complexity index is 995. The van der Waals surface area contributed by atoms with Crippen molar-refractivity contribution in [3.05, 3.63) is 65.2 Å². The van der Waals surface area contributed by atoms with Gasteiger partial charge in [-0.05, 0) is 30.7 Å². The Kier molecular flexibility index (Phi) is 5.52. The van der Waals surface area contributed by atoms with Crippen LogP contribution in [-0.4, -0.2) is 25.6 Å². The van der Waals surface area contributed by atoms with Crippen molar-refractivity contribution in [1.82, 2.24) is 0 Å². The number of benzene rings is 2. The number of amides is 1. The van der Waals surface area contributed by atoms with E-state index in [1.54, 1.807) is 31.2 Å². The molecule has 3 rings (SSSR count). The minimum Gasteiger partial charge on any atom is -0.450 e. The fourth-order valence-electron chi connectivity index (χ4n) is 2.62. The lowest BCUT2D eigenvalue weighted by Gasteiger charge is -2.07. The van der Waals surface area contributed by atoms with Gasteiger partial charge in [0.25, 0.3) is 5.91 Å². The summed E-state index contributed by atoms with van der Waals surface area (Å²) in [7, 11) is 1.50. The quantitative estimate of drug-likeness (QED) is 0.667. The van der Waals surface area contributed by atoms with Gasteiger partial charge in [-0.15, -0.1) is 0 Å². The molecule has 0 aliphatic carbocycles. The number of hydrogen-bond acceptors (Lipinski definition) is 5. The summed E-state index contributed by atoms with van der Waals surface area (Å²) in [5.74, 6) is -1.80. The number of carbonyl (C=O) groups is 2. The van der Waals surface area contributed by atoms with Crippen LogP contribution in [0.3, 0.4) is 0 Å². The van der Waals surface area contributed by atoms with E-state index >= 15 is 0 Å². The lowest BCUT2D eigenvalue weighted by molar-refractivity contribution is -0.119. The molecule has 0 spiro atoms. The van der Waals surface area contributed by atoms with Crippen molar-refractivity contribution >= 4 is 28.5 Å². The Hall–Kier alpha value is -3.19. The highest BCUT2D eigenvalue weighted by molar-refractivity contribution is 5.98. The molecule has 1 amide bonds. The summed E-state index contributed by atoms with van der Waals surface area (Å²) in [4.78, 5) is 24.3. The van der Waals surface area contributed by atoms with Crippen LogP contribution >= 0.6 is 0 Å². The number of esters is 1. The zero-order valence-corrected chi connectivity index (χ0v) is 14.9. The molecule has 7 heteroatoms. The first-order chi connectivity index (χ1) is 13.0. The van der Waals surface area contributed by atoms with Gasteiger partial charge in [0.2, 0.25) is 5.76 Å². The molecule has 140 valence electrons. The molecular weight excluding hydrogens is 353 g/mol. The minimum absolute atomic E-state index is 0.00719. The number of hydrogen-bond donors (Lipinski definition) is 1. The fourth-order valence-corrected chi connectivity index (χ4v) is 2.62. The molecule has 0 saturated heterocycles. The Morgan fingerprint density at radius 3 is 2.70 bits per heavy atom. The summed E-state index contributed by atoms with van der Waals surface area (Å²) in [6.07, 6.45) is 0. The highest BCUT2D eigenvalue weighted by Gasteiger charge is 2.22. The monoisotopic (exact) mass is 371 g/mol. The summed E-state index contributed by atoms with van der Waals surface area (Å²) in [5, 5.41) is 3.21. The number of furan rings is 1. The van der Waals surface area contributed by atoms with Crippen molar-refractivity contribution < 1.29 is 27.9 Å². The second-order valence-corrected chi connectivity index (χ2v) is 5.93. The van der Waals surface area contributed by atoms with E-state index in [9.17, 15) is 14.0 Å². The summed E-state index contributed by atoms with van der Waals surface area (Å²) >= 11 is 0. The van der Waals surface area contributed by atoms with Gasteiger partial charge in [-0.3, -0.25) is 4.79 Å². The van der Waals surface area contributed by atoms with E-state index in [-0.39, 0.29) is 18.1 Å². The Labute approximate surface area is 154 Å². The Morgan fingerprint density at radius 2 is 1.96 bits per heavy atom. The maximum Gasteiger partial charge on any atom is 0.375 e. The van der Waals surface area contributed by atoms with Crippen LogP contribution in [0.4, 0.5) is 10.1 Å². The number of para-hydroxylation sites is 1. The average Bonchev–Trinajstić information content (AvgIpc) is 3.02. The zero-order chi connectivity index (χ0) is 19.4. The van der Waals surface area contributed by atoms with Crippen LogP contribution in [0.15, 0.2) is 46.9 Å². The van der Waals surface area contributed by atoms with Crippen LogP contribution in [-0.2, 0) is 20.9 Å². The molecule has 0 saturated carbocycles. The first-order valence-electron chi connectivity index (χ1n) is 8.22. The lowest BCUT2D eigenvalue weighted by atomic mass is 10.1. The largest absolute Gasteiger partial charge is 0.450 e. The highest BCUT2D eigenvalue weighted by atomic mass is 19.1. The van der Waals surface area contributed by atoms with Crippen LogP contribution < -0.4 is 5.32 Å². The third kappa shape index (κ3) is 4.15. The van der Waals surface area contributed by atoms with Gasteiger partial charge >= 0.3 is 5.97 Å². The van der Waals surface area contributed by atoms with Crippen molar-refractivity contribution in [2.75, 3.05) is 19.0 Å². The van der Waals surface area contributed by atoms with Gasteiger partial charge in [0.05, 0.1) is 6.61 Å². The second kappa shape index (κ2) is 8.01. The molecule has 2 aromatic carbocycles. The SMILES string of the molecule is COCc1c(C(=O)OCC(=O)Nc2ccc(C)c(F)c2)oc2ccccc12. The predicted molar refractivity (Wildman–Crippen MR) is 97.0 cm³/mol. The molecule has 27 heavy (non-hydrogen) atoms. The van der Waals surface area contributed by atoms with Crippen molar-refractivity contribution in [3.63, 3.8) is 0 Å². The molecule has 3 aromatic rings. The number of rotatable bonds is 6. The average molecular weight is 371 g/mol. The second-order valence-electron chi connectivity index (χ2n) is 5.93. The molecule has 0 aliphatic rings. The molecule has 0 fully saturated rings. The smallest absolute Gasteiger partial charge is 0.375 e. The van der Waals surface area contributed by atoms with E-state index in [0.717, 1.165) is 5.39 Å². The van der Waals surface area contributed by atoms with Gasteiger partial charge in [0, 0.05) is 23.7 Å². The number of fused-ring (bicyclic) bond motifs is 1. The van der Waals surface area contributed by atoms with Crippen molar-refractivity contribution in [2.24, 2.45) is 0 Å². The van der Waals surface area contributed by atoms with Crippen LogP contribution in [0.2, 0.25) is 0 Å². The first kappa shape index (κ1) is 18.6. The first-order valence-corrected chi connectivity index (χ1v) is 8.22. The molecule has 6 nitrogen and oxygen atoms in total. The van der Waals surface area contributed by atoms with Gasteiger partial charge in [-0.1, -0.05) is 24.3 Å². The molecule has 1 heterocycles. The standard InChI is InChI=1S/C20H18FNO5/c1-12-7-8-13(9-16(12)21)22-18(23)11-26-20(24)19-15(10-25-2)14-5-3-4-6-17(14)27-19/h3-9H,10-11H2,1-2H3,(H,22,23). The third-order valence-electron chi connectivity index (χ3n) is 3.96. The van der Waals surface area contributed by atoms with Gasteiger partial charge in [-0.25, -0.2) is 9.18 Å². The van der Waals surface area contributed by atoms with Crippen LogP contribution in [0.5, 0.6) is 0 Å². The van der Waals surface area contributed by atoms with Crippen molar-refractivity contribution in [2.45, 2.75) is 13.5 Å². The van der Waals surface area contributed by atoms with Crippen LogP contribution in [0, 0.1) is 12.7 Å². The van der Waals surface area contributed by atoms with Gasteiger partial charge in [-0.2, -0.15) is 0 Å². The molecule has 0 atom stereocenters. The van der Waals surface area contributed by atoms with E-state index in [2.05, 4.69) is 5.32 Å². The number of methoxy groups -OCH3 is 1. The van der Waals surface area contributed by atoms with Gasteiger partial charge in [0.15, 0.2) is 6.61 Å². The summed E-state index contributed by atoms with van der Waals surface area (Å²) in [6.45, 7) is 1.25. The molecule has 0 bridgehead atoms. The minimum atomic E-state index is -0.775. The molecule has 0 aliphatic heterocycles. The van der Waals surface area contributed by atoms with Gasteiger partial charge in [0.1, 0.15) is 11.4 Å². The maximum absolute atomic E-state index is 13.5. The van der Waals surface area contributed by atoms with E-state index < -0.39 is 24.3 Å². The Morgan fingerprint density at radius 1 is 1.19 bits per heavy atom. The van der Waals surface area contributed by atoms with E-state index in [4.69, 9.17) is 13.9 Å². The molecule has 0 unspecified atom stereocenters. The van der Waals surface area contributed by atoms with Crippen LogP contribution in [0.25, 0.3) is 11.0 Å². The summed E-state index contributed by atoms with van der Waals surface area (Å²) in [6, 6.07) is 11.4. The van der Waals surface area contributed by atoms with Crippen molar-refractivity contribution in [1.29, 1.82) is 0 Å². The normalized spacial score (nSPS) is 10.8. The summed E-state index contributed by atoms with van der Waals surface area (Å²) in [5.41, 5.74) is 1.83. The molecule has 0 radical (unpaired) electrons. The zero-order valence-electron chi connectivity index (χ0n) is 14.9. The highest BCUT2D eigenvalue weighted by Crippen LogP contribution is 2.27. The van der Waals surface area contributed by atoms with E-state index in [0.29, 0.717) is 16.7 Å². The molecule has 1 aromatic heterocycles. The lowest BCUT2D eigenvalue weighted by Crippen LogP contribution is -2.21. The fraction of sp³-hybridized carbons (Fsp3) is 0.200. The predicted octanol–water partition coefficient (Wildman–Crippen LogP) is 3.82. The number of ether oxygens (including phenoxy) is 2. The summed E-state index contributed by atoms with van der Waals surface area (Å²) < 4.78 is 29.2. The maximum atomic E-state index is 13.5. The number of aryl methyl sites for hydroxylation is 1. The number of nitrogens with one attached hydrogen (secondary N) is 1. The van der Waals surface area contributed by atoms with Crippen LogP contribution in [0.1, 0.15) is 21.7 Å². The number of carbonyl (C=O) groups excluding carboxylic acids is 2. The number of halogens is 1. The van der Waals surface area contributed by atoms with Gasteiger partial charge < -0.3 is 19.2 Å². The topological polar surface area (TPSA) is 77.8 Å². The van der Waals surface area contributed by atoms with Crippen molar-refractivity contribution in [3.8, 4) is 0 Å². The number of anilines is 1. The van der Waals surface area contributed by atoms with E-state index in [1.807, 2.05) is 12.1 Å². The molecule has 1 N–H and O–H groups in total. The third-order valence-corrected chi connectivity index (χ3v) is 3.96. The molecular formula is C20H18FNO5. The Balaban J connectivity index is 1.68.